The molecule has 58 valence electrons. The van der Waals surface area contributed by atoms with Gasteiger partial charge in [0.05, 0.1) is 0 Å². The molecule has 1 rings (SSSR count). The second kappa shape index (κ2) is 3.59. The van der Waals surface area contributed by atoms with E-state index in [9.17, 15) is 0 Å². The van der Waals surface area contributed by atoms with Gasteiger partial charge in [0.2, 0.25) is 0 Å². The Hall–Kier alpha value is 0.260. The second-order valence-electron chi connectivity index (χ2n) is 2.44. The summed E-state index contributed by atoms with van der Waals surface area (Å²) in [6, 6.07) is 0. The van der Waals surface area contributed by atoms with Crippen molar-refractivity contribution in [2.75, 3.05) is 26.2 Å². The normalized spacial score (nSPS) is 18.8. The zero-order valence-corrected chi connectivity index (χ0v) is 8.96. The van der Waals surface area contributed by atoms with Crippen LogP contribution < -0.4 is 0 Å². The molecule has 1 saturated heterocycles. The minimum absolute atomic E-state index is 1.16. The molecule has 1 heterocycles. The Labute approximate surface area is 75.6 Å². The fourth-order valence-electron chi connectivity index (χ4n) is 1.22. The number of rotatable bonds is 2. The molecule has 0 radical (unpaired) electrons. The molecule has 0 spiro atoms. The first-order chi connectivity index (χ1) is 4.79. The van der Waals surface area contributed by atoms with Crippen molar-refractivity contribution in [1.29, 1.82) is 0 Å². The van der Waals surface area contributed by atoms with E-state index in [0.29, 0.717) is 0 Å². The summed E-state index contributed by atoms with van der Waals surface area (Å²) in [7, 11) is 0. The molecule has 1 aliphatic heterocycles. The minimum atomic E-state index is 1.16. The summed E-state index contributed by atoms with van der Waals surface area (Å²) < 4.78 is 1.46. The van der Waals surface area contributed by atoms with Crippen LogP contribution >= 0.6 is 0 Å². The van der Waals surface area contributed by atoms with Gasteiger partial charge in [-0.05, 0) is 0 Å². The third-order valence-electron chi connectivity index (χ3n) is 1.94. The Morgan fingerprint density at radius 3 is 1.80 bits per heavy atom. The molecule has 0 unspecified atom stereocenters. The Morgan fingerprint density at radius 1 is 1.20 bits per heavy atom. The monoisotopic (exact) mass is 256 g/mol. The van der Waals surface area contributed by atoms with Crippen LogP contribution in [0.3, 0.4) is 0 Å². The predicted octanol–water partition coefficient (Wildman–Crippen LogP) is -0.100. The summed E-state index contributed by atoms with van der Waals surface area (Å²) >= 11 is 2.14. The first kappa shape index (κ1) is 8.36. The molecule has 0 aromatic rings. The molecule has 0 aliphatic carbocycles. The Kier molecular flexibility index (Phi) is 3.00. The van der Waals surface area contributed by atoms with Gasteiger partial charge in [0.1, 0.15) is 0 Å². The molecule has 1 fully saturated rings. The summed E-state index contributed by atoms with van der Waals surface area (Å²) in [5.74, 6) is 0. The molecule has 0 aromatic carbocycles. The molecule has 3 heteroatoms. The molecule has 10 heavy (non-hydrogen) atoms. The van der Waals surface area contributed by atoms with Crippen LogP contribution in [-0.4, -0.2) is 61.6 Å². The van der Waals surface area contributed by atoms with E-state index in [0.717, 1.165) is 13.1 Å². The van der Waals surface area contributed by atoms with Gasteiger partial charge in [-0.3, -0.25) is 0 Å². The maximum absolute atomic E-state index is 2.42. The molecule has 2 nitrogen and oxygen atoms in total. The van der Waals surface area contributed by atoms with Crippen molar-refractivity contribution in [3.63, 3.8) is 0 Å². The van der Waals surface area contributed by atoms with Crippen molar-refractivity contribution in [1.82, 2.24) is 9.80 Å². The van der Waals surface area contributed by atoms with Crippen molar-refractivity contribution < 1.29 is 0 Å². The zero-order valence-electron chi connectivity index (χ0n) is 6.63. The average molecular weight is 254 g/mol. The van der Waals surface area contributed by atoms with Crippen molar-refractivity contribution in [2.45, 2.75) is 13.8 Å². The van der Waals surface area contributed by atoms with Crippen LogP contribution in [0.25, 0.3) is 0 Å². The third-order valence-corrected chi connectivity index (χ3v) is 3.42. The van der Waals surface area contributed by atoms with Crippen LogP contribution in [0.1, 0.15) is 13.8 Å². The molecule has 0 atom stereocenters. The molecule has 0 bridgehead atoms. The second-order valence-corrected chi connectivity index (χ2v) is 3.48. The van der Waals surface area contributed by atoms with E-state index in [1.165, 1.54) is 16.9 Å². The van der Waals surface area contributed by atoms with Crippen LogP contribution in [0.2, 0.25) is 0 Å². The fourth-order valence-corrected chi connectivity index (χ4v) is 2.48. The van der Waals surface area contributed by atoms with Crippen LogP contribution in [0.4, 0.5) is 0 Å². The summed E-state index contributed by atoms with van der Waals surface area (Å²) in [6.07, 6.45) is 0. The van der Waals surface area contributed by atoms with E-state index < -0.39 is 0 Å². The van der Waals surface area contributed by atoms with Gasteiger partial charge in [-0.1, -0.05) is 0 Å². The van der Waals surface area contributed by atoms with E-state index in [1.54, 1.807) is 0 Å². The van der Waals surface area contributed by atoms with Crippen molar-refractivity contribution in [2.24, 2.45) is 0 Å². The fraction of sp³-hybridized carbons (Fsp3) is 0.857. The molecule has 0 saturated carbocycles. The van der Waals surface area contributed by atoms with E-state index in [2.05, 4.69) is 45.5 Å². The van der Waals surface area contributed by atoms with Crippen LogP contribution in [0.5, 0.6) is 0 Å². The van der Waals surface area contributed by atoms with Crippen LogP contribution in [0.15, 0.2) is 0 Å². The molecule has 0 aromatic heterocycles. The van der Waals surface area contributed by atoms with Gasteiger partial charge in [-0.2, -0.15) is 0 Å². The van der Waals surface area contributed by atoms with E-state index in [4.69, 9.17) is 0 Å². The first-order valence-corrected chi connectivity index (χ1v) is 5.00. The Balaban J connectivity index is 2.49. The predicted molar refractivity (Wildman–Crippen MR) is 45.3 cm³/mol. The first-order valence-electron chi connectivity index (χ1n) is 3.83. The van der Waals surface area contributed by atoms with Gasteiger partial charge in [0.25, 0.3) is 0 Å². The molecule has 0 amide bonds. The summed E-state index contributed by atoms with van der Waals surface area (Å²) in [5.41, 5.74) is 0. The van der Waals surface area contributed by atoms with E-state index in [1.807, 2.05) is 0 Å². The van der Waals surface area contributed by atoms with Crippen LogP contribution in [0, 0.1) is 0 Å². The van der Waals surface area contributed by atoms with Gasteiger partial charge in [-0.25, -0.2) is 0 Å². The molecular formula is C7H14N2Te. The average Bonchev–Trinajstić information content (AvgIpc) is 2.30. The van der Waals surface area contributed by atoms with Crippen molar-refractivity contribution in [3.05, 3.63) is 0 Å². The van der Waals surface area contributed by atoms with E-state index >= 15 is 0 Å². The third kappa shape index (κ3) is 1.46. The standard InChI is InChI=1S/C7H14N2Te/c1-3-8-5-6-9(4-2)7(8)10/h3-6H2,1-2H3. The SMILES string of the molecule is CCN1CCN(CC)C1=[Te]. The number of hydrogen-bond acceptors (Lipinski definition) is 2. The quantitative estimate of drug-likeness (QED) is 0.635. The molecular weight excluding hydrogens is 240 g/mol. The van der Waals surface area contributed by atoms with E-state index in [-0.39, 0.29) is 0 Å². The van der Waals surface area contributed by atoms with Gasteiger partial charge < -0.3 is 0 Å². The topological polar surface area (TPSA) is 6.48 Å². The van der Waals surface area contributed by atoms with Crippen molar-refractivity contribution in [3.8, 4) is 0 Å². The number of hydrogen-bond donors (Lipinski definition) is 0. The summed E-state index contributed by atoms with van der Waals surface area (Å²) in [6.45, 7) is 9.18. The maximum atomic E-state index is 2.42. The molecule has 0 N–H and O–H groups in total. The molecule has 1 aliphatic rings. The number of nitrogens with zero attached hydrogens (tertiary/aromatic N) is 2. The summed E-state index contributed by atoms with van der Waals surface area (Å²) in [5, 5.41) is 0. The van der Waals surface area contributed by atoms with Gasteiger partial charge in [0.15, 0.2) is 0 Å². The Bertz CT molecular complexity index is 122. The van der Waals surface area contributed by atoms with Crippen molar-refractivity contribution >= 4 is 25.6 Å². The van der Waals surface area contributed by atoms with Gasteiger partial charge in [0, 0.05) is 0 Å². The Morgan fingerprint density at radius 2 is 1.60 bits per heavy atom. The summed E-state index contributed by atoms with van der Waals surface area (Å²) in [4.78, 5) is 4.85. The van der Waals surface area contributed by atoms with Crippen LogP contribution in [-0.2, 0) is 0 Å². The number of likely N-dealkylation sites (N-methyl/N-ethyl adjacent to an activating group) is 2. The zero-order chi connectivity index (χ0) is 7.56. The van der Waals surface area contributed by atoms with Gasteiger partial charge >= 0.3 is 75.4 Å². The van der Waals surface area contributed by atoms with Gasteiger partial charge in [-0.15, -0.1) is 0 Å².